The van der Waals surface area contributed by atoms with E-state index in [1.165, 1.54) is 18.3 Å². The monoisotopic (exact) mass is 582 g/mol. The van der Waals surface area contributed by atoms with E-state index in [1.54, 1.807) is 24.3 Å². The van der Waals surface area contributed by atoms with Crippen LogP contribution in [0, 0.1) is 5.82 Å². The molecule has 2 N–H and O–H groups in total. The number of aromatic amines is 1. The molecule has 2 aliphatic rings. The highest BCUT2D eigenvalue weighted by Crippen LogP contribution is 2.40. The lowest BCUT2D eigenvalue weighted by atomic mass is 10.1. The molecule has 1 aromatic carbocycles. The second kappa shape index (κ2) is 11.1. The standard InChI is InChI=1S/C27H28ClFN8O4/c1-4-21(38)36-7-8-37(14(2)13-36)25-15-5-6-31-26(41-24-16-10-32-35-18(16)9-17(29)22(24)28)23(15)33-27(34-25)40-20-12-30-11-19(20)39-3/h4-6,9-10,14,19-20,30H,1,7-8,11-13H2,2-3H3,(H,32,35)/t14-,19-,20-/m1/s1. The molecule has 12 nitrogen and oxygen atoms in total. The molecule has 6 rings (SSSR count). The summed E-state index contributed by atoms with van der Waals surface area (Å²) in [7, 11) is 1.63. The Labute approximate surface area is 239 Å². The van der Waals surface area contributed by atoms with Crippen LogP contribution >= 0.6 is 11.6 Å². The number of amides is 1. The number of halogens is 2. The third kappa shape index (κ3) is 5.00. The van der Waals surface area contributed by atoms with Crippen LogP contribution in [0.25, 0.3) is 21.8 Å². The Morgan fingerprint density at radius 3 is 2.85 bits per heavy atom. The van der Waals surface area contributed by atoms with Crippen molar-refractivity contribution in [1.82, 2.24) is 35.4 Å². The normalized spacial score (nSPS) is 21.0. The Morgan fingerprint density at radius 1 is 1.24 bits per heavy atom. The number of benzene rings is 1. The summed E-state index contributed by atoms with van der Waals surface area (Å²) >= 11 is 6.33. The molecular weight excluding hydrogens is 555 g/mol. The summed E-state index contributed by atoms with van der Waals surface area (Å²) in [5, 5.41) is 10.9. The van der Waals surface area contributed by atoms with E-state index >= 15 is 0 Å². The summed E-state index contributed by atoms with van der Waals surface area (Å²) in [5.74, 6) is -0.0496. The van der Waals surface area contributed by atoms with E-state index in [9.17, 15) is 9.18 Å². The van der Waals surface area contributed by atoms with Crippen molar-refractivity contribution in [3.05, 3.63) is 48.0 Å². The first-order valence-electron chi connectivity index (χ1n) is 13.1. The van der Waals surface area contributed by atoms with Crippen LogP contribution in [0.15, 0.2) is 37.2 Å². The van der Waals surface area contributed by atoms with E-state index in [0.717, 1.165) is 0 Å². The van der Waals surface area contributed by atoms with Gasteiger partial charge in [-0.25, -0.2) is 9.37 Å². The van der Waals surface area contributed by atoms with Crippen molar-refractivity contribution in [2.75, 3.05) is 44.7 Å². The summed E-state index contributed by atoms with van der Waals surface area (Å²) < 4.78 is 32.6. The van der Waals surface area contributed by atoms with Crippen LogP contribution in [0.3, 0.4) is 0 Å². The Bertz CT molecular complexity index is 1630. The van der Waals surface area contributed by atoms with Crippen molar-refractivity contribution in [2.45, 2.75) is 25.2 Å². The smallest absolute Gasteiger partial charge is 0.319 e. The van der Waals surface area contributed by atoms with Crippen LogP contribution in [0.2, 0.25) is 5.02 Å². The lowest BCUT2D eigenvalue weighted by Crippen LogP contribution is -2.53. The number of H-pyrrole nitrogens is 1. The van der Waals surface area contributed by atoms with Gasteiger partial charge in [-0.05, 0) is 19.1 Å². The lowest BCUT2D eigenvalue weighted by molar-refractivity contribution is -0.126. The molecule has 0 aliphatic carbocycles. The van der Waals surface area contributed by atoms with Gasteiger partial charge in [0.2, 0.25) is 11.8 Å². The number of carbonyl (C=O) groups is 1. The van der Waals surface area contributed by atoms with Crippen molar-refractivity contribution in [1.29, 1.82) is 0 Å². The number of fused-ring (bicyclic) bond motifs is 2. The minimum atomic E-state index is -0.668. The number of piperazine rings is 1. The zero-order chi connectivity index (χ0) is 28.7. The molecule has 0 unspecified atom stereocenters. The lowest BCUT2D eigenvalue weighted by Gasteiger charge is -2.40. The number of nitrogens with one attached hydrogen (secondary N) is 2. The third-order valence-electron chi connectivity index (χ3n) is 7.38. The van der Waals surface area contributed by atoms with E-state index in [2.05, 4.69) is 32.0 Å². The molecule has 0 bridgehead atoms. The maximum absolute atomic E-state index is 14.6. The minimum absolute atomic E-state index is 0.0578. The molecule has 2 fully saturated rings. The van der Waals surface area contributed by atoms with Gasteiger partial charge in [-0.15, -0.1) is 0 Å². The summed E-state index contributed by atoms with van der Waals surface area (Å²) in [6, 6.07) is 3.06. The summed E-state index contributed by atoms with van der Waals surface area (Å²) in [6.07, 6.45) is 3.87. The van der Waals surface area contributed by atoms with Crippen LogP contribution < -0.4 is 19.7 Å². The van der Waals surface area contributed by atoms with Crippen LogP contribution in [-0.4, -0.2) is 94.0 Å². The first-order valence-corrected chi connectivity index (χ1v) is 13.5. The average Bonchev–Trinajstić information content (AvgIpc) is 3.64. The van der Waals surface area contributed by atoms with E-state index in [0.29, 0.717) is 60.3 Å². The average molecular weight is 583 g/mol. The minimum Gasteiger partial charge on any atom is -0.456 e. The molecule has 5 heterocycles. The SMILES string of the molecule is C=CC(=O)N1CCN(c2nc(O[C@@H]3CNC[C@H]3OC)nc3c(Oc4c(Cl)c(F)cc5[nH]ncc45)nccc23)[C@H](C)C1. The van der Waals surface area contributed by atoms with E-state index in [-0.39, 0.29) is 46.8 Å². The Hall–Kier alpha value is -4.07. The molecule has 0 spiro atoms. The molecule has 14 heteroatoms. The number of rotatable bonds is 7. The highest BCUT2D eigenvalue weighted by atomic mass is 35.5. The van der Waals surface area contributed by atoms with Crippen molar-refractivity contribution in [3.8, 4) is 17.6 Å². The van der Waals surface area contributed by atoms with Gasteiger partial charge in [0.15, 0.2) is 5.75 Å². The first kappa shape index (κ1) is 27.1. The summed E-state index contributed by atoms with van der Waals surface area (Å²) in [5.41, 5.74) is 0.766. The zero-order valence-corrected chi connectivity index (χ0v) is 23.2. The van der Waals surface area contributed by atoms with Gasteiger partial charge in [-0.1, -0.05) is 18.2 Å². The predicted molar refractivity (Wildman–Crippen MR) is 150 cm³/mol. The van der Waals surface area contributed by atoms with Gasteiger partial charge in [-0.2, -0.15) is 15.1 Å². The molecule has 0 radical (unpaired) electrons. The van der Waals surface area contributed by atoms with E-state index < -0.39 is 5.82 Å². The molecule has 41 heavy (non-hydrogen) atoms. The van der Waals surface area contributed by atoms with Crippen molar-refractivity contribution < 1.29 is 23.4 Å². The molecule has 3 aromatic heterocycles. The number of anilines is 1. The maximum atomic E-state index is 14.6. The fourth-order valence-corrected chi connectivity index (χ4v) is 5.46. The van der Waals surface area contributed by atoms with Gasteiger partial charge in [-0.3, -0.25) is 9.89 Å². The van der Waals surface area contributed by atoms with Gasteiger partial charge in [0, 0.05) is 58.1 Å². The van der Waals surface area contributed by atoms with Crippen LogP contribution in [0.4, 0.5) is 10.2 Å². The van der Waals surface area contributed by atoms with E-state index in [1.807, 2.05) is 6.92 Å². The maximum Gasteiger partial charge on any atom is 0.319 e. The third-order valence-corrected chi connectivity index (χ3v) is 7.74. The van der Waals surface area contributed by atoms with Crippen molar-refractivity contribution in [2.24, 2.45) is 0 Å². The molecule has 3 atom stereocenters. The van der Waals surface area contributed by atoms with Gasteiger partial charge in [0.25, 0.3) is 0 Å². The predicted octanol–water partition coefficient (Wildman–Crippen LogP) is 3.07. The van der Waals surface area contributed by atoms with Gasteiger partial charge < -0.3 is 29.3 Å². The zero-order valence-electron chi connectivity index (χ0n) is 22.4. The summed E-state index contributed by atoms with van der Waals surface area (Å²) in [4.78, 5) is 30.1. The molecule has 1 amide bonds. The fraction of sp³-hybridized carbons (Fsp3) is 0.370. The summed E-state index contributed by atoms with van der Waals surface area (Å²) in [6.45, 7) is 8.29. The number of methoxy groups -OCH3 is 1. The Morgan fingerprint density at radius 2 is 2.07 bits per heavy atom. The Kier molecular flexibility index (Phi) is 7.32. The van der Waals surface area contributed by atoms with Crippen LogP contribution in [-0.2, 0) is 9.53 Å². The fourth-order valence-electron chi connectivity index (χ4n) is 5.26. The largest absolute Gasteiger partial charge is 0.456 e. The second-order valence-corrected chi connectivity index (χ2v) is 10.3. The molecule has 2 saturated heterocycles. The quantitative estimate of drug-likeness (QED) is 0.313. The number of nitrogens with zero attached hydrogens (tertiary/aromatic N) is 6. The van der Waals surface area contributed by atoms with Crippen LogP contribution in [0.5, 0.6) is 17.6 Å². The van der Waals surface area contributed by atoms with Gasteiger partial charge in [0.1, 0.15) is 34.4 Å². The van der Waals surface area contributed by atoms with Crippen molar-refractivity contribution in [3.63, 3.8) is 0 Å². The molecule has 214 valence electrons. The van der Waals surface area contributed by atoms with Gasteiger partial charge >= 0.3 is 6.01 Å². The molecular formula is C27H28ClFN8O4. The highest BCUT2D eigenvalue weighted by molar-refractivity contribution is 6.33. The highest BCUT2D eigenvalue weighted by Gasteiger charge is 2.32. The number of carbonyl (C=O) groups excluding carboxylic acids is 1. The topological polar surface area (TPSA) is 131 Å². The number of hydrogen-bond donors (Lipinski definition) is 2. The number of aromatic nitrogens is 5. The number of pyridine rings is 1. The molecule has 2 aliphatic heterocycles. The molecule has 4 aromatic rings. The van der Waals surface area contributed by atoms with E-state index in [4.69, 9.17) is 35.8 Å². The van der Waals surface area contributed by atoms with Crippen LogP contribution in [0.1, 0.15) is 6.92 Å². The number of hydrogen-bond acceptors (Lipinski definition) is 10. The number of ether oxygens (including phenoxy) is 3. The first-order chi connectivity index (χ1) is 19.9. The second-order valence-electron chi connectivity index (χ2n) is 9.90. The Balaban J connectivity index is 1.45. The van der Waals surface area contributed by atoms with Gasteiger partial charge in [0.05, 0.1) is 22.5 Å². The molecule has 0 saturated carbocycles. The van der Waals surface area contributed by atoms with Crippen molar-refractivity contribution >= 4 is 45.1 Å².